The third-order valence-corrected chi connectivity index (χ3v) is 13.2. The highest BCUT2D eigenvalue weighted by atomic mass is 16.6. The molecule has 76 heavy (non-hydrogen) atoms. The molecule has 0 aromatic carbocycles. The van der Waals surface area contributed by atoms with Crippen LogP contribution in [-0.2, 0) is 28.6 Å². The zero-order valence-electron chi connectivity index (χ0n) is 49.5. The number of unbranched alkanes of at least 4 members (excludes halogenated alkanes) is 25. The van der Waals surface area contributed by atoms with Gasteiger partial charge in [-0.15, -0.1) is 0 Å². The van der Waals surface area contributed by atoms with E-state index in [1.165, 1.54) is 103 Å². The predicted octanol–water partition coefficient (Wildman–Crippen LogP) is 21.6. The molecule has 0 aromatic rings. The summed E-state index contributed by atoms with van der Waals surface area (Å²) < 4.78 is 16.9. The highest BCUT2D eigenvalue weighted by Crippen LogP contribution is 2.16. The molecule has 0 aliphatic carbocycles. The second-order valence-corrected chi connectivity index (χ2v) is 20.6. The fraction of sp³-hybridized carbons (Fsp3) is 0.671. The first-order valence-corrected chi connectivity index (χ1v) is 31.5. The van der Waals surface area contributed by atoms with Crippen molar-refractivity contribution in [2.45, 2.75) is 290 Å². The summed E-state index contributed by atoms with van der Waals surface area (Å²) in [6.07, 6.45) is 87.7. The van der Waals surface area contributed by atoms with Crippen LogP contribution in [0.1, 0.15) is 284 Å². The Morgan fingerprint density at radius 2 is 0.513 bits per heavy atom. The standard InChI is InChI=1S/C70H116O6/c1-4-7-10-13-16-19-22-24-26-28-30-32-33-34-35-36-37-39-40-42-44-46-48-51-54-57-60-63-69(72)75-66-67(65-74-68(71)62-59-56-53-50-21-18-15-12-9-6-3)76-70(73)64-61-58-55-52-49-47-45-43-41-38-31-29-27-25-23-20-17-14-11-8-5-2/h7-8,10-11,16-17,19-20,24-27,30-32,34-35,38,43,45,67H,4-6,9,12-15,18,21-23,28-29,33,36-37,39-42,44,46-66H2,1-3H3/b10-7-,11-8-,19-16-,20-17-,26-24-,27-25-,32-30-,35-34-,38-31-,45-43-. The van der Waals surface area contributed by atoms with E-state index in [9.17, 15) is 14.4 Å². The van der Waals surface area contributed by atoms with Crippen molar-refractivity contribution in [1.29, 1.82) is 0 Å². The minimum Gasteiger partial charge on any atom is -0.462 e. The largest absolute Gasteiger partial charge is 0.462 e. The van der Waals surface area contributed by atoms with Gasteiger partial charge in [-0.25, -0.2) is 0 Å². The van der Waals surface area contributed by atoms with Gasteiger partial charge in [0.25, 0.3) is 0 Å². The molecule has 0 saturated heterocycles. The van der Waals surface area contributed by atoms with Crippen LogP contribution in [0.25, 0.3) is 0 Å². The summed E-state index contributed by atoms with van der Waals surface area (Å²) in [5.41, 5.74) is 0. The molecule has 432 valence electrons. The van der Waals surface area contributed by atoms with Crippen molar-refractivity contribution >= 4 is 17.9 Å². The Hall–Kier alpha value is -4.19. The van der Waals surface area contributed by atoms with Crippen molar-refractivity contribution in [3.8, 4) is 0 Å². The van der Waals surface area contributed by atoms with Crippen LogP contribution < -0.4 is 0 Å². The second-order valence-electron chi connectivity index (χ2n) is 20.6. The average Bonchev–Trinajstić information content (AvgIpc) is 3.42. The van der Waals surface area contributed by atoms with Crippen molar-refractivity contribution in [1.82, 2.24) is 0 Å². The Labute approximate surface area is 469 Å². The topological polar surface area (TPSA) is 78.9 Å². The quantitative estimate of drug-likeness (QED) is 0.0261. The van der Waals surface area contributed by atoms with Crippen LogP contribution in [0.2, 0.25) is 0 Å². The maximum absolute atomic E-state index is 12.9. The van der Waals surface area contributed by atoms with E-state index >= 15 is 0 Å². The smallest absolute Gasteiger partial charge is 0.306 e. The number of esters is 3. The van der Waals surface area contributed by atoms with E-state index in [0.717, 1.165) is 141 Å². The normalized spacial score (nSPS) is 12.9. The molecule has 0 aliphatic rings. The number of ether oxygens (including phenoxy) is 3. The summed E-state index contributed by atoms with van der Waals surface area (Å²) >= 11 is 0. The van der Waals surface area contributed by atoms with Gasteiger partial charge in [0.2, 0.25) is 0 Å². The minimum absolute atomic E-state index is 0.0868. The van der Waals surface area contributed by atoms with Crippen molar-refractivity contribution in [3.63, 3.8) is 0 Å². The van der Waals surface area contributed by atoms with Gasteiger partial charge in [-0.2, -0.15) is 0 Å². The van der Waals surface area contributed by atoms with Crippen LogP contribution >= 0.6 is 0 Å². The maximum atomic E-state index is 12.9. The van der Waals surface area contributed by atoms with E-state index in [0.29, 0.717) is 19.3 Å². The van der Waals surface area contributed by atoms with E-state index in [1.807, 2.05) is 0 Å². The van der Waals surface area contributed by atoms with Gasteiger partial charge in [0.1, 0.15) is 13.2 Å². The van der Waals surface area contributed by atoms with Crippen LogP contribution in [0.3, 0.4) is 0 Å². The molecule has 0 rings (SSSR count). The molecule has 0 heterocycles. The molecule has 0 fully saturated rings. The molecule has 1 unspecified atom stereocenters. The van der Waals surface area contributed by atoms with E-state index in [-0.39, 0.29) is 31.1 Å². The van der Waals surface area contributed by atoms with Gasteiger partial charge < -0.3 is 14.2 Å². The average molecular weight is 1050 g/mol. The molecule has 0 saturated carbocycles. The molecule has 0 radical (unpaired) electrons. The fourth-order valence-electron chi connectivity index (χ4n) is 8.56. The summed E-state index contributed by atoms with van der Waals surface area (Å²) in [5.74, 6) is -0.906. The third-order valence-electron chi connectivity index (χ3n) is 13.2. The molecule has 6 nitrogen and oxygen atoms in total. The lowest BCUT2D eigenvalue weighted by atomic mass is 10.0. The highest BCUT2D eigenvalue weighted by Gasteiger charge is 2.19. The van der Waals surface area contributed by atoms with Crippen molar-refractivity contribution in [2.75, 3.05) is 13.2 Å². The van der Waals surface area contributed by atoms with Crippen LogP contribution in [0.5, 0.6) is 0 Å². The first-order chi connectivity index (χ1) is 37.5. The van der Waals surface area contributed by atoms with Gasteiger partial charge in [0.15, 0.2) is 6.10 Å². The minimum atomic E-state index is -0.791. The van der Waals surface area contributed by atoms with E-state index in [4.69, 9.17) is 14.2 Å². The molecule has 0 bridgehead atoms. The number of hydrogen-bond acceptors (Lipinski definition) is 6. The Balaban J connectivity index is 4.30. The van der Waals surface area contributed by atoms with Gasteiger partial charge in [-0.05, 0) is 109 Å². The Bertz CT molecular complexity index is 1590. The first-order valence-electron chi connectivity index (χ1n) is 31.5. The lowest BCUT2D eigenvalue weighted by Crippen LogP contribution is -2.30. The van der Waals surface area contributed by atoms with Gasteiger partial charge in [0, 0.05) is 19.3 Å². The monoisotopic (exact) mass is 1050 g/mol. The molecule has 0 amide bonds. The van der Waals surface area contributed by atoms with Crippen LogP contribution in [0, 0.1) is 0 Å². The van der Waals surface area contributed by atoms with Crippen LogP contribution in [0.15, 0.2) is 122 Å². The summed E-state index contributed by atoms with van der Waals surface area (Å²) in [6, 6.07) is 0. The number of allylic oxidation sites excluding steroid dienone is 20. The van der Waals surface area contributed by atoms with Gasteiger partial charge in [-0.3, -0.25) is 14.4 Å². The highest BCUT2D eigenvalue weighted by molar-refractivity contribution is 5.71. The second kappa shape index (κ2) is 63.3. The molecular weight excluding hydrogens is 937 g/mol. The van der Waals surface area contributed by atoms with Gasteiger partial charge in [0.05, 0.1) is 0 Å². The summed E-state index contributed by atoms with van der Waals surface area (Å²) in [6.45, 7) is 6.39. The van der Waals surface area contributed by atoms with Crippen molar-refractivity contribution in [2.24, 2.45) is 0 Å². The zero-order valence-corrected chi connectivity index (χ0v) is 49.5. The van der Waals surface area contributed by atoms with Crippen molar-refractivity contribution < 1.29 is 28.6 Å². The number of carbonyl (C=O) groups is 3. The zero-order chi connectivity index (χ0) is 55.0. The molecule has 1 atom stereocenters. The lowest BCUT2D eigenvalue weighted by molar-refractivity contribution is -0.167. The maximum Gasteiger partial charge on any atom is 0.306 e. The molecule has 0 aliphatic heterocycles. The van der Waals surface area contributed by atoms with Gasteiger partial charge >= 0.3 is 17.9 Å². The Kier molecular flexibility index (Phi) is 59.9. The van der Waals surface area contributed by atoms with E-state index in [2.05, 4.69) is 142 Å². The SMILES string of the molecule is CC/C=C\C/C=C\C/C=C\C/C=C\C/C=C\CCCCCCCCCCCCCC(=O)OCC(COC(=O)CCCCCCCCCCCC)OC(=O)CCCCCCC/C=C\C/C=C\C/C=C\C/C=C\C/C=C\CC. The molecule has 0 aromatic heterocycles. The van der Waals surface area contributed by atoms with E-state index in [1.54, 1.807) is 0 Å². The summed E-state index contributed by atoms with van der Waals surface area (Å²) in [7, 11) is 0. The first kappa shape index (κ1) is 71.8. The Morgan fingerprint density at radius 1 is 0.276 bits per heavy atom. The van der Waals surface area contributed by atoms with Crippen molar-refractivity contribution in [3.05, 3.63) is 122 Å². The van der Waals surface area contributed by atoms with Crippen LogP contribution in [0.4, 0.5) is 0 Å². The molecule has 0 spiro atoms. The molecular formula is C70H116O6. The predicted molar refractivity (Wildman–Crippen MR) is 330 cm³/mol. The summed E-state index contributed by atoms with van der Waals surface area (Å²) in [4.78, 5) is 38.2. The van der Waals surface area contributed by atoms with E-state index < -0.39 is 6.10 Å². The third kappa shape index (κ3) is 60.7. The number of carbonyl (C=O) groups excluding carboxylic acids is 3. The number of rotatable bonds is 56. The molecule has 6 heteroatoms. The molecule has 0 N–H and O–H groups in total. The Morgan fingerprint density at radius 3 is 0.803 bits per heavy atom. The summed E-state index contributed by atoms with van der Waals surface area (Å²) in [5, 5.41) is 0. The van der Waals surface area contributed by atoms with Crippen LogP contribution in [-0.4, -0.2) is 37.2 Å². The fourth-order valence-corrected chi connectivity index (χ4v) is 8.56. The lowest BCUT2D eigenvalue weighted by Gasteiger charge is -2.18. The van der Waals surface area contributed by atoms with Gasteiger partial charge in [-0.1, -0.05) is 277 Å². The number of hydrogen-bond donors (Lipinski definition) is 0.